The van der Waals surface area contributed by atoms with Gasteiger partial charge in [0.05, 0.1) is 11.7 Å². The van der Waals surface area contributed by atoms with Crippen LogP contribution >= 0.6 is 0 Å². The van der Waals surface area contributed by atoms with Crippen molar-refractivity contribution in [2.24, 2.45) is 5.92 Å². The average molecular weight is 242 g/mol. The Morgan fingerprint density at radius 3 is 2.31 bits per heavy atom. The molecule has 0 saturated carbocycles. The molecule has 2 atom stereocenters. The fourth-order valence-corrected chi connectivity index (χ4v) is 2.56. The summed E-state index contributed by atoms with van der Waals surface area (Å²) in [6, 6.07) is 0. The number of ether oxygens (including phenoxy) is 1. The standard InChI is InChI=1S/C13H26O2Si/c1-10-11(2)15-12(10)8-9-14-16(6,7)13(3,4)5/h10,12H,2,8-9H2,1,3-7H3/t10-,12+/m1/s1. The van der Waals surface area contributed by atoms with Gasteiger partial charge in [0.25, 0.3) is 0 Å². The monoisotopic (exact) mass is 242 g/mol. The first-order chi connectivity index (χ1) is 7.15. The molecule has 1 fully saturated rings. The summed E-state index contributed by atoms with van der Waals surface area (Å²) < 4.78 is 11.6. The third-order valence-corrected chi connectivity index (χ3v) is 8.58. The normalized spacial score (nSPS) is 26.2. The van der Waals surface area contributed by atoms with Gasteiger partial charge in [0.15, 0.2) is 8.32 Å². The van der Waals surface area contributed by atoms with E-state index < -0.39 is 8.32 Å². The molecular weight excluding hydrogens is 216 g/mol. The average Bonchev–Trinajstić information content (AvgIpc) is 2.14. The van der Waals surface area contributed by atoms with E-state index >= 15 is 0 Å². The fraction of sp³-hybridized carbons (Fsp3) is 0.846. The Morgan fingerprint density at radius 2 is 1.94 bits per heavy atom. The molecule has 0 spiro atoms. The molecule has 16 heavy (non-hydrogen) atoms. The van der Waals surface area contributed by atoms with Crippen molar-refractivity contribution in [1.82, 2.24) is 0 Å². The summed E-state index contributed by atoms with van der Waals surface area (Å²) in [4.78, 5) is 0. The van der Waals surface area contributed by atoms with E-state index in [0.717, 1.165) is 18.8 Å². The first kappa shape index (κ1) is 13.8. The molecule has 0 radical (unpaired) electrons. The van der Waals surface area contributed by atoms with Gasteiger partial charge in [0.1, 0.15) is 6.10 Å². The molecule has 0 aromatic heterocycles. The minimum absolute atomic E-state index is 0.294. The van der Waals surface area contributed by atoms with Crippen molar-refractivity contribution < 1.29 is 9.16 Å². The van der Waals surface area contributed by atoms with Gasteiger partial charge in [0.2, 0.25) is 0 Å². The van der Waals surface area contributed by atoms with Crippen LogP contribution in [-0.2, 0) is 9.16 Å². The van der Waals surface area contributed by atoms with E-state index in [9.17, 15) is 0 Å². The van der Waals surface area contributed by atoms with E-state index in [1.54, 1.807) is 0 Å². The first-order valence-electron chi connectivity index (χ1n) is 6.14. The van der Waals surface area contributed by atoms with E-state index in [4.69, 9.17) is 9.16 Å². The quantitative estimate of drug-likeness (QED) is 0.695. The second-order valence-corrected chi connectivity index (χ2v) is 11.1. The van der Waals surface area contributed by atoms with Gasteiger partial charge in [0, 0.05) is 13.0 Å². The molecule has 1 aliphatic rings. The van der Waals surface area contributed by atoms with Crippen LogP contribution in [0.4, 0.5) is 0 Å². The van der Waals surface area contributed by atoms with Gasteiger partial charge in [-0.3, -0.25) is 0 Å². The lowest BCUT2D eigenvalue weighted by Gasteiger charge is -2.40. The van der Waals surface area contributed by atoms with E-state index in [-0.39, 0.29) is 0 Å². The van der Waals surface area contributed by atoms with Crippen LogP contribution in [0.2, 0.25) is 18.1 Å². The third kappa shape index (κ3) is 2.89. The molecule has 2 nitrogen and oxygen atoms in total. The molecule has 0 aliphatic carbocycles. The largest absolute Gasteiger partial charge is 0.494 e. The minimum atomic E-state index is -1.58. The minimum Gasteiger partial charge on any atom is -0.494 e. The second kappa shape index (κ2) is 4.53. The zero-order valence-electron chi connectivity index (χ0n) is 11.6. The van der Waals surface area contributed by atoms with Crippen LogP contribution in [0.25, 0.3) is 0 Å². The van der Waals surface area contributed by atoms with Gasteiger partial charge in [-0.15, -0.1) is 0 Å². The van der Waals surface area contributed by atoms with Crippen LogP contribution in [0.1, 0.15) is 34.1 Å². The number of rotatable bonds is 4. The molecule has 0 aromatic rings. The number of hydrogen-bond donors (Lipinski definition) is 0. The van der Waals surface area contributed by atoms with Crippen molar-refractivity contribution in [3.63, 3.8) is 0 Å². The van der Waals surface area contributed by atoms with Crippen LogP contribution in [-0.4, -0.2) is 21.0 Å². The molecule has 1 heterocycles. The van der Waals surface area contributed by atoms with Crippen molar-refractivity contribution in [1.29, 1.82) is 0 Å². The Hall–Kier alpha value is -0.283. The molecule has 3 heteroatoms. The molecule has 0 N–H and O–H groups in total. The van der Waals surface area contributed by atoms with Crippen molar-refractivity contribution in [3.8, 4) is 0 Å². The van der Waals surface area contributed by atoms with E-state index in [1.807, 2.05) is 0 Å². The molecule has 1 aliphatic heterocycles. The van der Waals surface area contributed by atoms with Gasteiger partial charge in [-0.25, -0.2) is 0 Å². The molecule has 0 amide bonds. The summed E-state index contributed by atoms with van der Waals surface area (Å²) in [6.45, 7) is 18.2. The highest BCUT2D eigenvalue weighted by molar-refractivity contribution is 6.74. The van der Waals surface area contributed by atoms with Gasteiger partial charge in [-0.1, -0.05) is 34.3 Å². The highest BCUT2D eigenvalue weighted by atomic mass is 28.4. The van der Waals surface area contributed by atoms with Crippen LogP contribution in [0, 0.1) is 5.92 Å². The molecule has 94 valence electrons. The van der Waals surface area contributed by atoms with Crippen molar-refractivity contribution in [3.05, 3.63) is 12.3 Å². The molecule has 1 saturated heterocycles. The summed E-state index contributed by atoms with van der Waals surface area (Å²) in [5, 5.41) is 0.294. The zero-order valence-corrected chi connectivity index (χ0v) is 12.6. The van der Waals surface area contributed by atoms with Crippen molar-refractivity contribution in [2.45, 2.75) is 58.4 Å². The van der Waals surface area contributed by atoms with Crippen molar-refractivity contribution >= 4 is 8.32 Å². The predicted molar refractivity (Wildman–Crippen MR) is 70.9 cm³/mol. The first-order valence-corrected chi connectivity index (χ1v) is 9.05. The highest BCUT2D eigenvalue weighted by Crippen LogP contribution is 2.37. The van der Waals surface area contributed by atoms with Gasteiger partial charge in [-0.05, 0) is 18.1 Å². The summed E-state index contributed by atoms with van der Waals surface area (Å²) in [5.41, 5.74) is 0. The molecule has 0 unspecified atom stereocenters. The lowest BCUT2D eigenvalue weighted by Crippen LogP contribution is -2.42. The van der Waals surface area contributed by atoms with Crippen LogP contribution in [0.5, 0.6) is 0 Å². The van der Waals surface area contributed by atoms with Crippen molar-refractivity contribution in [2.75, 3.05) is 6.61 Å². The zero-order chi connectivity index (χ0) is 12.6. The molecule has 0 bridgehead atoms. The lowest BCUT2D eigenvalue weighted by atomic mass is 9.95. The molecular formula is C13H26O2Si. The maximum absolute atomic E-state index is 6.11. The van der Waals surface area contributed by atoms with Crippen LogP contribution in [0.3, 0.4) is 0 Å². The summed E-state index contributed by atoms with van der Waals surface area (Å²) in [7, 11) is -1.58. The smallest absolute Gasteiger partial charge is 0.191 e. The topological polar surface area (TPSA) is 18.5 Å². The summed E-state index contributed by atoms with van der Waals surface area (Å²) in [5.74, 6) is 1.43. The third-order valence-electron chi connectivity index (χ3n) is 4.04. The highest BCUT2D eigenvalue weighted by Gasteiger charge is 2.38. The Morgan fingerprint density at radius 1 is 1.38 bits per heavy atom. The number of hydrogen-bond acceptors (Lipinski definition) is 2. The van der Waals surface area contributed by atoms with Gasteiger partial charge >= 0.3 is 0 Å². The molecule has 1 rings (SSSR count). The van der Waals surface area contributed by atoms with Crippen LogP contribution in [0.15, 0.2) is 12.3 Å². The summed E-state index contributed by atoms with van der Waals surface area (Å²) in [6.07, 6.45) is 1.32. The fourth-order valence-electron chi connectivity index (χ4n) is 1.49. The van der Waals surface area contributed by atoms with Crippen LogP contribution < -0.4 is 0 Å². The summed E-state index contributed by atoms with van der Waals surface area (Å²) >= 11 is 0. The van der Waals surface area contributed by atoms with Gasteiger partial charge in [-0.2, -0.15) is 0 Å². The predicted octanol–water partition coefficient (Wildman–Crippen LogP) is 3.95. The Labute approximate surface area is 101 Å². The van der Waals surface area contributed by atoms with E-state index in [0.29, 0.717) is 17.1 Å². The maximum Gasteiger partial charge on any atom is 0.191 e. The van der Waals surface area contributed by atoms with Gasteiger partial charge < -0.3 is 9.16 Å². The second-order valence-electron chi connectivity index (χ2n) is 6.31. The lowest BCUT2D eigenvalue weighted by molar-refractivity contribution is -0.0451. The van der Waals surface area contributed by atoms with E-state index in [2.05, 4.69) is 47.4 Å². The van der Waals surface area contributed by atoms with E-state index in [1.165, 1.54) is 0 Å². The Kier molecular flexibility index (Phi) is 3.90. The molecule has 0 aromatic carbocycles. The SMILES string of the molecule is C=C1O[C@@H](CCO[Si](C)(C)C(C)(C)C)[C@@H]1C. The Bertz CT molecular complexity index is 266. The maximum atomic E-state index is 6.11. The Balaban J connectivity index is 2.28.